The predicted octanol–water partition coefficient (Wildman–Crippen LogP) is 2.14. The molecule has 2 atom stereocenters. The Morgan fingerprint density at radius 1 is 1.24 bits per heavy atom. The molecule has 1 heterocycles. The van der Waals surface area contributed by atoms with E-state index >= 15 is 0 Å². The first-order valence-corrected chi connectivity index (χ1v) is 8.84. The molecule has 1 saturated carbocycles. The Balaban J connectivity index is 1.83. The van der Waals surface area contributed by atoms with Gasteiger partial charge in [0.1, 0.15) is 16.9 Å². The van der Waals surface area contributed by atoms with E-state index in [-0.39, 0.29) is 0 Å². The van der Waals surface area contributed by atoms with Gasteiger partial charge in [-0.25, -0.2) is 0 Å². The highest BCUT2D eigenvalue weighted by molar-refractivity contribution is 5.76. The summed E-state index contributed by atoms with van der Waals surface area (Å²) in [6.07, 6.45) is 2.38. The molecule has 0 radical (unpaired) electrons. The van der Waals surface area contributed by atoms with E-state index in [1.54, 1.807) is 14.2 Å². The molecule has 2 N–H and O–H groups in total. The summed E-state index contributed by atoms with van der Waals surface area (Å²) in [5.41, 5.74) is -0.163. The van der Waals surface area contributed by atoms with Crippen LogP contribution in [0.3, 0.4) is 0 Å². The van der Waals surface area contributed by atoms with Gasteiger partial charge in [0.05, 0.1) is 25.9 Å². The number of piperidine rings is 1. The summed E-state index contributed by atoms with van der Waals surface area (Å²) in [5, 5.41) is 20.4. The molecule has 25 heavy (non-hydrogen) atoms. The van der Waals surface area contributed by atoms with E-state index < -0.39 is 17.5 Å². The summed E-state index contributed by atoms with van der Waals surface area (Å²) in [6, 6.07) is 5.63. The first-order valence-electron chi connectivity index (χ1n) is 8.84. The Morgan fingerprint density at radius 3 is 2.40 bits per heavy atom. The van der Waals surface area contributed by atoms with Crippen LogP contribution in [0.25, 0.3) is 0 Å². The smallest absolute Gasteiger partial charge is 0.313 e. The van der Waals surface area contributed by atoms with Gasteiger partial charge in [-0.15, -0.1) is 0 Å². The number of nitrogens with zero attached hydrogens (tertiary/aromatic N) is 1. The van der Waals surface area contributed by atoms with Crippen LogP contribution in [0.1, 0.15) is 31.2 Å². The molecule has 1 saturated heterocycles. The molecule has 6 heteroatoms. The molecule has 2 fully saturated rings. The van der Waals surface area contributed by atoms with Gasteiger partial charge in [0.25, 0.3) is 0 Å². The third-order valence-electron chi connectivity index (χ3n) is 5.55. The fraction of sp³-hybridized carbons (Fsp3) is 0.632. The molecule has 0 spiro atoms. The number of aliphatic hydroxyl groups is 1. The lowest BCUT2D eigenvalue weighted by molar-refractivity contribution is -0.165. The zero-order valence-electron chi connectivity index (χ0n) is 14.9. The summed E-state index contributed by atoms with van der Waals surface area (Å²) >= 11 is 0. The zero-order valence-corrected chi connectivity index (χ0v) is 14.9. The van der Waals surface area contributed by atoms with Gasteiger partial charge in [-0.05, 0) is 30.9 Å². The van der Waals surface area contributed by atoms with E-state index in [1.807, 2.05) is 18.2 Å². The standard InChI is InChI=1S/C19H27NO5/c1-24-15-4-3-5-16(25-2)14(15)11-20-9-8-17(21)19(12-20,18(22)23)10-13-6-7-13/h3-5,13,17,21H,6-12H2,1-2H3,(H,22,23)/t17-,19+/m0/s1. The van der Waals surface area contributed by atoms with E-state index in [4.69, 9.17) is 9.47 Å². The molecule has 6 nitrogen and oxygen atoms in total. The van der Waals surface area contributed by atoms with Crippen LogP contribution in [0.4, 0.5) is 0 Å². The van der Waals surface area contributed by atoms with Crippen molar-refractivity contribution in [1.29, 1.82) is 0 Å². The highest BCUT2D eigenvalue weighted by Gasteiger charge is 2.51. The lowest BCUT2D eigenvalue weighted by atomic mass is 9.73. The maximum absolute atomic E-state index is 12.1. The molecule has 1 aliphatic carbocycles. The molecule has 138 valence electrons. The molecule has 0 aromatic heterocycles. The minimum absolute atomic E-state index is 0.348. The molecule has 1 aliphatic heterocycles. The molecule has 0 amide bonds. The number of hydrogen-bond donors (Lipinski definition) is 2. The first-order chi connectivity index (χ1) is 12.0. The minimum Gasteiger partial charge on any atom is -0.496 e. The second-order valence-electron chi connectivity index (χ2n) is 7.27. The van der Waals surface area contributed by atoms with Crippen molar-refractivity contribution in [3.63, 3.8) is 0 Å². The Labute approximate surface area is 148 Å². The van der Waals surface area contributed by atoms with E-state index in [0.29, 0.717) is 38.4 Å². The average Bonchev–Trinajstić information content (AvgIpc) is 3.41. The highest BCUT2D eigenvalue weighted by atomic mass is 16.5. The zero-order chi connectivity index (χ0) is 18.0. The third kappa shape index (κ3) is 3.60. The molecule has 0 unspecified atom stereocenters. The van der Waals surface area contributed by atoms with Gasteiger partial charge in [-0.3, -0.25) is 9.69 Å². The van der Waals surface area contributed by atoms with Crippen molar-refractivity contribution in [1.82, 2.24) is 4.90 Å². The highest BCUT2D eigenvalue weighted by Crippen LogP contribution is 2.45. The van der Waals surface area contributed by atoms with Gasteiger partial charge in [0, 0.05) is 19.6 Å². The molecule has 3 rings (SSSR count). The fourth-order valence-corrected chi connectivity index (χ4v) is 3.94. The Kier molecular flexibility index (Phi) is 5.20. The van der Waals surface area contributed by atoms with Crippen LogP contribution in [0.15, 0.2) is 18.2 Å². The van der Waals surface area contributed by atoms with Crippen LogP contribution >= 0.6 is 0 Å². The average molecular weight is 349 g/mol. The van der Waals surface area contributed by atoms with Gasteiger partial charge in [0.2, 0.25) is 0 Å². The van der Waals surface area contributed by atoms with Gasteiger partial charge in [-0.1, -0.05) is 18.9 Å². The largest absolute Gasteiger partial charge is 0.496 e. The van der Waals surface area contributed by atoms with E-state index in [1.165, 1.54) is 0 Å². The molecular weight excluding hydrogens is 322 g/mol. The van der Waals surface area contributed by atoms with Crippen LogP contribution in [0.2, 0.25) is 0 Å². The Hall–Kier alpha value is -1.79. The maximum Gasteiger partial charge on any atom is 0.313 e. The number of rotatable bonds is 7. The van der Waals surface area contributed by atoms with Crippen LogP contribution in [-0.2, 0) is 11.3 Å². The molecule has 1 aromatic rings. The van der Waals surface area contributed by atoms with Crippen molar-refractivity contribution in [2.24, 2.45) is 11.3 Å². The van der Waals surface area contributed by atoms with Crippen LogP contribution in [0, 0.1) is 11.3 Å². The summed E-state index contributed by atoms with van der Waals surface area (Å²) in [4.78, 5) is 14.2. The minimum atomic E-state index is -1.07. The lowest BCUT2D eigenvalue weighted by Crippen LogP contribution is -2.56. The van der Waals surface area contributed by atoms with Gasteiger partial charge in [-0.2, -0.15) is 0 Å². The van der Waals surface area contributed by atoms with Crippen molar-refractivity contribution in [2.45, 2.75) is 38.3 Å². The van der Waals surface area contributed by atoms with E-state index in [0.717, 1.165) is 29.9 Å². The van der Waals surface area contributed by atoms with E-state index in [9.17, 15) is 15.0 Å². The van der Waals surface area contributed by atoms with Gasteiger partial charge in [0.15, 0.2) is 0 Å². The van der Waals surface area contributed by atoms with Crippen molar-refractivity contribution >= 4 is 5.97 Å². The Bertz CT molecular complexity index is 608. The second-order valence-corrected chi connectivity index (χ2v) is 7.27. The molecule has 1 aromatic carbocycles. The van der Waals surface area contributed by atoms with Crippen molar-refractivity contribution in [2.75, 3.05) is 27.3 Å². The summed E-state index contributed by atoms with van der Waals surface area (Å²) in [6.45, 7) is 1.54. The van der Waals surface area contributed by atoms with E-state index in [2.05, 4.69) is 4.90 Å². The number of carboxylic acid groups (broad SMARTS) is 1. The number of methoxy groups -OCH3 is 2. The summed E-state index contributed by atoms with van der Waals surface area (Å²) in [5.74, 6) is 1.01. The van der Waals surface area contributed by atoms with Crippen LogP contribution in [0.5, 0.6) is 11.5 Å². The number of carboxylic acids is 1. The first kappa shape index (κ1) is 18.0. The van der Waals surface area contributed by atoms with Crippen molar-refractivity contribution in [3.8, 4) is 11.5 Å². The van der Waals surface area contributed by atoms with Gasteiger partial charge >= 0.3 is 5.97 Å². The predicted molar refractivity (Wildman–Crippen MR) is 92.9 cm³/mol. The monoisotopic (exact) mass is 349 g/mol. The lowest BCUT2D eigenvalue weighted by Gasteiger charge is -2.43. The number of carbonyl (C=O) groups is 1. The summed E-state index contributed by atoms with van der Waals surface area (Å²) < 4.78 is 10.9. The molecule has 0 bridgehead atoms. The number of hydrogen-bond acceptors (Lipinski definition) is 5. The van der Waals surface area contributed by atoms with Crippen LogP contribution in [-0.4, -0.2) is 54.5 Å². The van der Waals surface area contributed by atoms with Gasteiger partial charge < -0.3 is 19.7 Å². The number of aliphatic hydroxyl groups excluding tert-OH is 1. The normalized spacial score (nSPS) is 27.1. The Morgan fingerprint density at radius 2 is 1.88 bits per heavy atom. The molecule has 2 aliphatic rings. The summed E-state index contributed by atoms with van der Waals surface area (Å²) in [7, 11) is 3.24. The topological polar surface area (TPSA) is 79.2 Å². The van der Waals surface area contributed by atoms with Crippen molar-refractivity contribution < 1.29 is 24.5 Å². The number of ether oxygens (including phenoxy) is 2. The van der Waals surface area contributed by atoms with Crippen LogP contribution < -0.4 is 9.47 Å². The number of likely N-dealkylation sites (tertiary alicyclic amines) is 1. The van der Waals surface area contributed by atoms with Crippen molar-refractivity contribution in [3.05, 3.63) is 23.8 Å². The number of benzene rings is 1. The number of aliphatic carboxylic acids is 1. The SMILES string of the molecule is COc1cccc(OC)c1CN1CC[C@H](O)[C@](CC2CC2)(C(=O)O)C1. The maximum atomic E-state index is 12.1. The fourth-order valence-electron chi connectivity index (χ4n) is 3.94. The second kappa shape index (κ2) is 7.22. The quantitative estimate of drug-likeness (QED) is 0.785. The third-order valence-corrected chi connectivity index (χ3v) is 5.55. The molecular formula is C19H27NO5.